The Balaban J connectivity index is 2.53. The molecule has 1 aromatic heterocycles. The van der Waals surface area contributed by atoms with Gasteiger partial charge in [0, 0.05) is 4.88 Å². The summed E-state index contributed by atoms with van der Waals surface area (Å²) in [6.07, 6.45) is 6.81. The summed E-state index contributed by atoms with van der Waals surface area (Å²) in [4.78, 5) is 1.40. The lowest BCUT2D eigenvalue weighted by molar-refractivity contribution is 0.994. The molecule has 1 aliphatic carbocycles. The van der Waals surface area contributed by atoms with E-state index in [0.29, 0.717) is 0 Å². The van der Waals surface area contributed by atoms with E-state index in [1.54, 1.807) is 11.3 Å². The highest BCUT2D eigenvalue weighted by atomic mass is 32.1. The molecule has 0 spiro atoms. The summed E-state index contributed by atoms with van der Waals surface area (Å²) in [5.41, 5.74) is 1.41. The van der Waals surface area contributed by atoms with Gasteiger partial charge in [-0.3, -0.25) is 0 Å². The van der Waals surface area contributed by atoms with Crippen molar-refractivity contribution < 1.29 is 0 Å². The van der Waals surface area contributed by atoms with Crippen molar-refractivity contribution in [1.29, 1.82) is 0 Å². The number of rotatable bonds is 0. The Labute approximate surface area is 58.8 Å². The van der Waals surface area contributed by atoms with Gasteiger partial charge in [-0.2, -0.15) is 0 Å². The van der Waals surface area contributed by atoms with Crippen LogP contribution in [0.2, 0.25) is 0 Å². The predicted molar refractivity (Wildman–Crippen MR) is 40.5 cm³/mol. The third-order valence-corrected chi connectivity index (χ3v) is 2.42. The second kappa shape index (κ2) is 1.99. The molecule has 45 valence electrons. The lowest BCUT2D eigenvalue weighted by atomic mass is 10.1. The highest BCUT2D eigenvalue weighted by Crippen LogP contribution is 2.23. The molecule has 0 aromatic carbocycles. The maximum absolute atomic E-state index is 3.22. The second-order valence-electron chi connectivity index (χ2n) is 2.16. The number of allylic oxidation sites excluding steroid dienone is 1. The molecule has 0 unspecified atom stereocenters. The molecule has 0 aliphatic heterocycles. The van der Waals surface area contributed by atoms with Crippen LogP contribution in [0.3, 0.4) is 0 Å². The molecule has 1 heterocycles. The first-order valence-corrected chi connectivity index (χ1v) is 3.99. The molecule has 0 amide bonds. The summed E-state index contributed by atoms with van der Waals surface area (Å²) >= 11 is 1.78. The Morgan fingerprint density at radius 3 is 3.44 bits per heavy atom. The molecule has 2 rings (SSSR count). The van der Waals surface area contributed by atoms with Gasteiger partial charge in [0.05, 0.1) is 0 Å². The molecule has 0 N–H and O–H groups in total. The monoisotopic (exact) mass is 135 g/mol. The third kappa shape index (κ3) is 0.815. The van der Waals surface area contributed by atoms with Crippen LogP contribution in [0.25, 0.3) is 6.08 Å². The number of aryl methyl sites for hydroxylation is 1. The van der Waals surface area contributed by atoms with E-state index in [2.05, 4.69) is 18.2 Å². The fourth-order valence-electron chi connectivity index (χ4n) is 1.06. The molecular formula is C8H7S. The molecule has 1 aromatic rings. The average molecular weight is 135 g/mol. The Bertz CT molecular complexity index is 232. The van der Waals surface area contributed by atoms with Crippen LogP contribution in [0.15, 0.2) is 11.5 Å². The van der Waals surface area contributed by atoms with Crippen molar-refractivity contribution in [3.63, 3.8) is 0 Å². The molecule has 1 aliphatic rings. The third-order valence-electron chi connectivity index (χ3n) is 1.55. The van der Waals surface area contributed by atoms with E-state index in [1.165, 1.54) is 23.3 Å². The van der Waals surface area contributed by atoms with E-state index in [-0.39, 0.29) is 0 Å². The van der Waals surface area contributed by atoms with Gasteiger partial charge in [-0.1, -0.05) is 6.08 Å². The smallest absolute Gasteiger partial charge is 0.0305 e. The number of fused-ring (bicyclic) bond motifs is 1. The number of thiophene rings is 1. The van der Waals surface area contributed by atoms with E-state index < -0.39 is 0 Å². The van der Waals surface area contributed by atoms with Gasteiger partial charge in [0.2, 0.25) is 0 Å². The molecule has 1 heteroatoms. The number of hydrogen-bond acceptors (Lipinski definition) is 1. The van der Waals surface area contributed by atoms with E-state index in [9.17, 15) is 0 Å². The quantitative estimate of drug-likeness (QED) is 0.512. The summed E-state index contributed by atoms with van der Waals surface area (Å²) < 4.78 is 0. The van der Waals surface area contributed by atoms with Crippen LogP contribution in [-0.2, 0) is 6.42 Å². The van der Waals surface area contributed by atoms with Crippen molar-refractivity contribution in [2.75, 3.05) is 0 Å². The first-order valence-electron chi connectivity index (χ1n) is 3.11. The minimum Gasteiger partial charge on any atom is -0.144 e. The Morgan fingerprint density at radius 1 is 1.56 bits per heavy atom. The van der Waals surface area contributed by atoms with Crippen LogP contribution in [0.1, 0.15) is 16.9 Å². The normalized spacial score (nSPS) is 15.6. The standard InChI is InChI=1S/C8H7S/c1-2-4-8-7(3-1)5-6-9-8/h2,4,6H,1,3H2. The van der Waals surface area contributed by atoms with Gasteiger partial charge in [0.1, 0.15) is 0 Å². The lowest BCUT2D eigenvalue weighted by Crippen LogP contribution is -1.86. The van der Waals surface area contributed by atoms with Crippen LogP contribution in [-0.4, -0.2) is 0 Å². The van der Waals surface area contributed by atoms with Crippen LogP contribution in [0.4, 0.5) is 0 Å². The topological polar surface area (TPSA) is 0 Å². The summed E-state index contributed by atoms with van der Waals surface area (Å²) in [6, 6.07) is 3.22. The minimum atomic E-state index is 1.19. The fourth-order valence-corrected chi connectivity index (χ4v) is 1.87. The van der Waals surface area contributed by atoms with Crippen LogP contribution in [0, 0.1) is 6.07 Å². The summed E-state index contributed by atoms with van der Waals surface area (Å²) in [6.45, 7) is 0. The van der Waals surface area contributed by atoms with Crippen molar-refractivity contribution in [3.05, 3.63) is 28.0 Å². The zero-order chi connectivity index (χ0) is 6.10. The van der Waals surface area contributed by atoms with E-state index in [0.717, 1.165) is 0 Å². The fraction of sp³-hybridized carbons (Fsp3) is 0.250. The SMILES string of the molecule is [c]1csc2c1CCC=C2. The van der Waals surface area contributed by atoms with Crippen molar-refractivity contribution >= 4 is 17.4 Å². The first-order chi connectivity index (χ1) is 4.47. The summed E-state index contributed by atoms with van der Waals surface area (Å²) in [5.74, 6) is 0. The maximum Gasteiger partial charge on any atom is 0.0305 e. The zero-order valence-corrected chi connectivity index (χ0v) is 5.87. The number of hydrogen-bond donors (Lipinski definition) is 0. The molecule has 0 saturated carbocycles. The van der Waals surface area contributed by atoms with E-state index in [1.807, 2.05) is 5.38 Å². The van der Waals surface area contributed by atoms with Gasteiger partial charge >= 0.3 is 0 Å². The molecular weight excluding hydrogens is 128 g/mol. The van der Waals surface area contributed by atoms with Gasteiger partial charge in [0.25, 0.3) is 0 Å². The van der Waals surface area contributed by atoms with Crippen molar-refractivity contribution in [3.8, 4) is 0 Å². The highest BCUT2D eigenvalue weighted by molar-refractivity contribution is 7.11. The summed E-state index contributed by atoms with van der Waals surface area (Å²) in [5, 5.41) is 2.04. The molecule has 9 heavy (non-hydrogen) atoms. The summed E-state index contributed by atoms with van der Waals surface area (Å²) in [7, 11) is 0. The van der Waals surface area contributed by atoms with Gasteiger partial charge in [-0.25, -0.2) is 0 Å². The van der Waals surface area contributed by atoms with Gasteiger partial charge in [-0.05, 0) is 35.9 Å². The van der Waals surface area contributed by atoms with Crippen molar-refractivity contribution in [2.24, 2.45) is 0 Å². The van der Waals surface area contributed by atoms with Crippen LogP contribution in [0.5, 0.6) is 0 Å². The molecule has 0 atom stereocenters. The zero-order valence-electron chi connectivity index (χ0n) is 5.05. The largest absolute Gasteiger partial charge is 0.144 e. The van der Waals surface area contributed by atoms with E-state index >= 15 is 0 Å². The molecule has 0 bridgehead atoms. The minimum absolute atomic E-state index is 1.19. The highest BCUT2D eigenvalue weighted by Gasteiger charge is 2.03. The Morgan fingerprint density at radius 2 is 2.56 bits per heavy atom. The molecule has 0 fully saturated rings. The van der Waals surface area contributed by atoms with Crippen LogP contribution < -0.4 is 0 Å². The predicted octanol–water partition coefficient (Wildman–Crippen LogP) is 2.51. The van der Waals surface area contributed by atoms with Crippen molar-refractivity contribution in [2.45, 2.75) is 12.8 Å². The lowest BCUT2D eigenvalue weighted by Gasteiger charge is -2.00. The van der Waals surface area contributed by atoms with Crippen molar-refractivity contribution in [1.82, 2.24) is 0 Å². The van der Waals surface area contributed by atoms with Gasteiger partial charge < -0.3 is 0 Å². The maximum atomic E-state index is 3.22. The van der Waals surface area contributed by atoms with Crippen LogP contribution >= 0.6 is 11.3 Å². The second-order valence-corrected chi connectivity index (χ2v) is 3.08. The van der Waals surface area contributed by atoms with E-state index in [4.69, 9.17) is 0 Å². The molecule has 0 saturated heterocycles. The Hall–Kier alpha value is -0.560. The molecule has 1 radical (unpaired) electrons. The van der Waals surface area contributed by atoms with Gasteiger partial charge in [0.15, 0.2) is 0 Å². The average Bonchev–Trinajstić information content (AvgIpc) is 2.33. The van der Waals surface area contributed by atoms with Gasteiger partial charge in [-0.15, -0.1) is 11.3 Å². The first kappa shape index (κ1) is 5.24. The Kier molecular flexibility index (Phi) is 1.16. The molecule has 0 nitrogen and oxygen atoms in total.